The van der Waals surface area contributed by atoms with Gasteiger partial charge in [0.1, 0.15) is 23.5 Å². The summed E-state index contributed by atoms with van der Waals surface area (Å²) in [6, 6.07) is 4.59. The molecule has 9 heteroatoms. The molecule has 8 nitrogen and oxygen atoms in total. The monoisotopic (exact) mass is 447 g/mol. The zero-order valence-corrected chi connectivity index (χ0v) is 19.2. The molecule has 2 heterocycles. The molecule has 0 spiro atoms. The van der Waals surface area contributed by atoms with Crippen molar-refractivity contribution in [2.45, 2.75) is 69.3 Å². The number of aliphatic carboxylic acids is 1. The van der Waals surface area contributed by atoms with Crippen LogP contribution < -0.4 is 10.6 Å². The van der Waals surface area contributed by atoms with Gasteiger partial charge >= 0.3 is 5.97 Å². The van der Waals surface area contributed by atoms with E-state index in [0.29, 0.717) is 12.0 Å². The smallest absolute Gasteiger partial charge is 0.326 e. The average Bonchev–Trinajstić information content (AvgIpc) is 3.14. The zero-order chi connectivity index (χ0) is 23.1. The van der Waals surface area contributed by atoms with Gasteiger partial charge in [0.2, 0.25) is 11.8 Å². The van der Waals surface area contributed by atoms with E-state index in [2.05, 4.69) is 10.6 Å². The van der Waals surface area contributed by atoms with E-state index < -0.39 is 40.7 Å². The molecule has 1 aromatic rings. The van der Waals surface area contributed by atoms with Crippen molar-refractivity contribution in [1.29, 1.82) is 0 Å². The molecule has 0 bridgehead atoms. The molecule has 2 aliphatic heterocycles. The number of hydrogen-bond donors (Lipinski definition) is 3. The van der Waals surface area contributed by atoms with Crippen LogP contribution in [0, 0.1) is 5.92 Å². The highest BCUT2D eigenvalue weighted by Crippen LogP contribution is 2.56. The van der Waals surface area contributed by atoms with Crippen LogP contribution in [-0.2, 0) is 14.4 Å². The summed E-state index contributed by atoms with van der Waals surface area (Å²) in [6.45, 7) is 8.92. The molecule has 31 heavy (non-hydrogen) atoms. The van der Waals surface area contributed by atoms with Crippen molar-refractivity contribution < 1.29 is 24.3 Å². The van der Waals surface area contributed by atoms with Gasteiger partial charge in [0.25, 0.3) is 5.91 Å². The topological polar surface area (TPSA) is 116 Å². The van der Waals surface area contributed by atoms with Gasteiger partial charge in [0.05, 0.1) is 0 Å². The first-order chi connectivity index (χ1) is 14.5. The number of carboxylic acids is 1. The van der Waals surface area contributed by atoms with Gasteiger partial charge in [-0.05, 0) is 38.3 Å². The molecule has 2 aliphatic rings. The average molecular weight is 448 g/mol. The van der Waals surface area contributed by atoms with Crippen LogP contribution in [0.25, 0.3) is 0 Å². The SMILES string of the molecule is CC[C@@H](C)[C@H](NC(=O)[C@H](C)NC(=O)[C@@H]1N2C(=O)c3ccccc3[C@@H]2SC1(C)C)C(=O)O. The van der Waals surface area contributed by atoms with Crippen LogP contribution in [0.5, 0.6) is 0 Å². The van der Waals surface area contributed by atoms with E-state index in [1.807, 2.05) is 32.9 Å². The van der Waals surface area contributed by atoms with E-state index >= 15 is 0 Å². The maximum absolute atomic E-state index is 13.2. The third-order valence-corrected chi connectivity index (χ3v) is 7.61. The summed E-state index contributed by atoms with van der Waals surface area (Å²) < 4.78 is -0.561. The lowest BCUT2D eigenvalue weighted by Crippen LogP contribution is -2.58. The summed E-state index contributed by atoms with van der Waals surface area (Å²) >= 11 is 1.54. The summed E-state index contributed by atoms with van der Waals surface area (Å²) in [6.07, 6.45) is 0.588. The van der Waals surface area contributed by atoms with Crippen LogP contribution in [0.2, 0.25) is 0 Å². The van der Waals surface area contributed by atoms with Gasteiger partial charge in [-0.2, -0.15) is 0 Å². The lowest BCUT2D eigenvalue weighted by Gasteiger charge is -2.31. The Kier molecular flexibility index (Phi) is 6.36. The minimum Gasteiger partial charge on any atom is -0.480 e. The number of carbonyl (C=O) groups excluding carboxylic acids is 3. The first-order valence-corrected chi connectivity index (χ1v) is 11.3. The summed E-state index contributed by atoms with van der Waals surface area (Å²) in [5, 5.41) is 14.3. The summed E-state index contributed by atoms with van der Waals surface area (Å²) in [7, 11) is 0. The molecule has 0 aliphatic carbocycles. The highest BCUT2D eigenvalue weighted by Gasteiger charge is 2.57. The molecule has 0 aromatic heterocycles. The van der Waals surface area contributed by atoms with Gasteiger partial charge in [-0.15, -0.1) is 11.8 Å². The standard InChI is InChI=1S/C22H29N3O5S/c1-6-11(2)15(21(29)30)24-17(26)12(3)23-18(27)16-22(4,5)31-20-14-10-8-7-9-13(14)19(28)25(16)20/h7-12,15-16,20H,6H2,1-5H3,(H,23,27)(H,24,26)(H,29,30)/t11-,12+,15+,16+,20+/m1/s1. The Bertz CT molecular complexity index is 918. The molecule has 5 atom stereocenters. The number of amides is 3. The van der Waals surface area contributed by atoms with Gasteiger partial charge in [-0.3, -0.25) is 14.4 Å². The number of benzene rings is 1. The fourth-order valence-electron chi connectivity index (χ4n) is 4.12. The Morgan fingerprint density at radius 1 is 1.19 bits per heavy atom. The third-order valence-electron chi connectivity index (χ3n) is 6.07. The number of thioether (sulfide) groups is 1. The van der Waals surface area contributed by atoms with Gasteiger partial charge in [-0.1, -0.05) is 38.5 Å². The molecule has 1 fully saturated rings. The summed E-state index contributed by atoms with van der Waals surface area (Å²) in [5.41, 5.74) is 1.49. The largest absolute Gasteiger partial charge is 0.480 e. The number of hydrogen-bond acceptors (Lipinski definition) is 5. The van der Waals surface area contributed by atoms with Crippen LogP contribution in [0.3, 0.4) is 0 Å². The van der Waals surface area contributed by atoms with Crippen LogP contribution in [0.15, 0.2) is 24.3 Å². The maximum Gasteiger partial charge on any atom is 0.326 e. The maximum atomic E-state index is 13.2. The molecule has 3 amide bonds. The molecule has 3 N–H and O–H groups in total. The van der Waals surface area contributed by atoms with Crippen molar-refractivity contribution in [3.63, 3.8) is 0 Å². The number of carbonyl (C=O) groups is 4. The Labute approximate surface area is 186 Å². The minimum absolute atomic E-state index is 0.196. The van der Waals surface area contributed by atoms with E-state index in [0.717, 1.165) is 5.56 Å². The van der Waals surface area contributed by atoms with Crippen LogP contribution >= 0.6 is 11.8 Å². The van der Waals surface area contributed by atoms with E-state index in [9.17, 15) is 24.3 Å². The first-order valence-electron chi connectivity index (χ1n) is 10.4. The predicted octanol–water partition coefficient (Wildman–Crippen LogP) is 2.16. The lowest BCUT2D eigenvalue weighted by molar-refractivity contribution is -0.143. The second-order valence-electron chi connectivity index (χ2n) is 8.72. The van der Waals surface area contributed by atoms with Crippen molar-refractivity contribution in [1.82, 2.24) is 15.5 Å². The van der Waals surface area contributed by atoms with Gasteiger partial charge in [-0.25, -0.2) is 4.79 Å². The Morgan fingerprint density at radius 3 is 2.45 bits per heavy atom. The highest BCUT2D eigenvalue weighted by molar-refractivity contribution is 8.01. The molecule has 0 radical (unpaired) electrons. The van der Waals surface area contributed by atoms with E-state index in [1.54, 1.807) is 35.7 Å². The fourth-order valence-corrected chi connectivity index (χ4v) is 5.71. The van der Waals surface area contributed by atoms with Gasteiger partial charge in [0.15, 0.2) is 0 Å². The number of nitrogens with zero attached hydrogens (tertiary/aromatic N) is 1. The summed E-state index contributed by atoms with van der Waals surface area (Å²) in [5.74, 6) is -2.57. The van der Waals surface area contributed by atoms with Crippen LogP contribution in [0.1, 0.15) is 62.3 Å². The number of fused-ring (bicyclic) bond motifs is 3. The van der Waals surface area contributed by atoms with Crippen molar-refractivity contribution in [3.05, 3.63) is 35.4 Å². The normalized spacial score (nSPS) is 24.0. The second kappa shape index (κ2) is 8.53. The van der Waals surface area contributed by atoms with E-state index in [4.69, 9.17) is 0 Å². The molecule has 168 valence electrons. The molecule has 0 unspecified atom stereocenters. The van der Waals surface area contributed by atoms with E-state index in [1.165, 1.54) is 6.92 Å². The van der Waals surface area contributed by atoms with Crippen LogP contribution in [0.4, 0.5) is 0 Å². The number of carboxylic acid groups (broad SMARTS) is 1. The van der Waals surface area contributed by atoms with Crippen molar-refractivity contribution in [2.75, 3.05) is 0 Å². The Hall–Kier alpha value is -2.55. The molecule has 1 saturated heterocycles. The van der Waals surface area contributed by atoms with Crippen molar-refractivity contribution in [3.8, 4) is 0 Å². The van der Waals surface area contributed by atoms with Crippen molar-refractivity contribution in [2.24, 2.45) is 5.92 Å². The number of rotatable bonds is 7. The molecule has 3 rings (SSSR count). The Balaban J connectivity index is 1.74. The van der Waals surface area contributed by atoms with Gasteiger partial charge < -0.3 is 20.6 Å². The highest BCUT2D eigenvalue weighted by atomic mass is 32.2. The predicted molar refractivity (Wildman–Crippen MR) is 117 cm³/mol. The quantitative estimate of drug-likeness (QED) is 0.590. The second-order valence-corrected chi connectivity index (χ2v) is 10.5. The zero-order valence-electron chi connectivity index (χ0n) is 18.3. The fraction of sp³-hybridized carbons (Fsp3) is 0.545. The molecular weight excluding hydrogens is 418 g/mol. The first kappa shape index (κ1) is 23.1. The molecular formula is C22H29N3O5S. The van der Waals surface area contributed by atoms with Gasteiger partial charge in [0, 0.05) is 10.3 Å². The van der Waals surface area contributed by atoms with E-state index in [-0.39, 0.29) is 17.2 Å². The summed E-state index contributed by atoms with van der Waals surface area (Å²) in [4.78, 5) is 51.9. The molecule has 0 saturated carbocycles. The molecule has 1 aromatic carbocycles. The lowest BCUT2D eigenvalue weighted by atomic mass is 9.98. The number of nitrogens with one attached hydrogen (secondary N) is 2. The van der Waals surface area contributed by atoms with Crippen LogP contribution in [-0.4, -0.2) is 56.6 Å². The van der Waals surface area contributed by atoms with Crippen molar-refractivity contribution >= 4 is 35.5 Å². The Morgan fingerprint density at radius 2 is 1.84 bits per heavy atom. The third kappa shape index (κ3) is 4.15. The minimum atomic E-state index is -1.11.